The molecule has 0 fully saturated rings. The van der Waals surface area contributed by atoms with E-state index in [4.69, 9.17) is 4.74 Å². The Hall–Kier alpha value is -0.370. The van der Waals surface area contributed by atoms with E-state index in [0.29, 0.717) is 0 Å². The number of ether oxygens (including phenoxy) is 1. The van der Waals surface area contributed by atoms with Gasteiger partial charge in [0.1, 0.15) is 0 Å². The first-order valence-corrected chi connectivity index (χ1v) is 3.62. The molecule has 1 aliphatic rings. The maximum absolute atomic E-state index is 5.48. The highest BCUT2D eigenvalue weighted by Gasteiger charge is 2.27. The number of nitrogens with zero attached hydrogens (tertiary/aromatic N) is 1. The van der Waals surface area contributed by atoms with E-state index in [1.54, 1.807) is 0 Å². The van der Waals surface area contributed by atoms with Crippen molar-refractivity contribution < 1.29 is 4.74 Å². The third kappa shape index (κ3) is 1.81. The van der Waals surface area contributed by atoms with E-state index in [0.717, 1.165) is 6.61 Å². The predicted octanol–water partition coefficient (Wildman–Crippen LogP) is 1.85. The zero-order chi connectivity index (χ0) is 7.83. The van der Waals surface area contributed by atoms with E-state index >= 15 is 0 Å². The van der Waals surface area contributed by atoms with Gasteiger partial charge in [-0.3, -0.25) is 4.99 Å². The van der Waals surface area contributed by atoms with E-state index in [1.165, 1.54) is 0 Å². The molecular weight excluding hydrogens is 126 g/mol. The summed E-state index contributed by atoms with van der Waals surface area (Å²) >= 11 is 0. The van der Waals surface area contributed by atoms with Crippen LogP contribution in [0.25, 0.3) is 0 Å². The topological polar surface area (TPSA) is 21.6 Å². The lowest BCUT2D eigenvalue weighted by atomic mass is 9.95. The summed E-state index contributed by atoms with van der Waals surface area (Å²) in [6.07, 6.45) is 1.98. The van der Waals surface area contributed by atoms with Crippen LogP contribution >= 0.6 is 0 Å². The summed E-state index contributed by atoms with van der Waals surface area (Å²) in [6.45, 7) is 8.94. The van der Waals surface area contributed by atoms with Gasteiger partial charge in [0, 0.05) is 11.6 Å². The van der Waals surface area contributed by atoms with Gasteiger partial charge in [0.25, 0.3) is 0 Å². The molecule has 0 radical (unpaired) electrons. The van der Waals surface area contributed by atoms with Gasteiger partial charge in [0.15, 0.2) is 5.72 Å². The molecule has 0 unspecified atom stereocenters. The highest BCUT2D eigenvalue weighted by Crippen LogP contribution is 2.24. The Balaban J connectivity index is 2.70. The molecule has 2 heteroatoms. The number of rotatable bonds is 0. The minimum atomic E-state index is -0.296. The third-order valence-corrected chi connectivity index (χ3v) is 1.52. The fraction of sp³-hybridized carbons (Fsp3) is 0.875. The summed E-state index contributed by atoms with van der Waals surface area (Å²) in [5, 5.41) is 0. The number of hydrogen-bond acceptors (Lipinski definition) is 2. The summed E-state index contributed by atoms with van der Waals surface area (Å²) in [7, 11) is 0. The molecule has 10 heavy (non-hydrogen) atoms. The Morgan fingerprint density at radius 2 is 1.90 bits per heavy atom. The maximum atomic E-state index is 5.48. The van der Waals surface area contributed by atoms with Crippen molar-refractivity contribution in [1.82, 2.24) is 0 Å². The zero-order valence-electron chi connectivity index (χ0n) is 7.14. The summed E-state index contributed by atoms with van der Waals surface area (Å²) in [5.41, 5.74) is -0.176. The molecule has 1 heterocycles. The van der Waals surface area contributed by atoms with Gasteiger partial charge < -0.3 is 4.74 Å². The summed E-state index contributed by atoms with van der Waals surface area (Å²) in [4.78, 5) is 4.27. The number of aliphatic imine (C=N–C) groups is 1. The van der Waals surface area contributed by atoms with Crippen LogP contribution in [0.1, 0.15) is 27.7 Å². The zero-order valence-corrected chi connectivity index (χ0v) is 7.14. The second-order valence-electron chi connectivity index (χ2n) is 3.98. The smallest absolute Gasteiger partial charge is 0.153 e. The molecule has 0 saturated carbocycles. The van der Waals surface area contributed by atoms with Crippen molar-refractivity contribution in [1.29, 1.82) is 0 Å². The van der Waals surface area contributed by atoms with Crippen LogP contribution in [0.3, 0.4) is 0 Å². The molecule has 0 bridgehead atoms. The Kier molecular flexibility index (Phi) is 1.59. The summed E-state index contributed by atoms with van der Waals surface area (Å²) < 4.78 is 5.48. The van der Waals surface area contributed by atoms with Crippen LogP contribution in [-0.4, -0.2) is 18.5 Å². The molecular formula is C8H15NO. The van der Waals surface area contributed by atoms with Gasteiger partial charge in [0.05, 0.1) is 6.61 Å². The largest absolute Gasteiger partial charge is 0.354 e. The van der Waals surface area contributed by atoms with Crippen molar-refractivity contribution in [2.75, 3.05) is 6.61 Å². The van der Waals surface area contributed by atoms with Gasteiger partial charge in [-0.15, -0.1) is 0 Å². The van der Waals surface area contributed by atoms with Crippen LogP contribution in [0.2, 0.25) is 0 Å². The van der Waals surface area contributed by atoms with Gasteiger partial charge in [-0.2, -0.15) is 0 Å². The van der Waals surface area contributed by atoms with E-state index in [2.05, 4.69) is 18.8 Å². The van der Waals surface area contributed by atoms with Gasteiger partial charge in [-0.1, -0.05) is 13.8 Å². The van der Waals surface area contributed by atoms with E-state index in [1.807, 2.05) is 20.1 Å². The van der Waals surface area contributed by atoms with Crippen molar-refractivity contribution in [3.63, 3.8) is 0 Å². The summed E-state index contributed by atoms with van der Waals surface area (Å²) in [5.74, 6) is 0. The first-order valence-electron chi connectivity index (χ1n) is 3.62. The number of hydrogen-bond donors (Lipinski definition) is 0. The van der Waals surface area contributed by atoms with Crippen molar-refractivity contribution in [3.8, 4) is 0 Å². The van der Waals surface area contributed by atoms with Crippen LogP contribution in [0.5, 0.6) is 0 Å². The van der Waals surface area contributed by atoms with E-state index in [-0.39, 0.29) is 11.1 Å². The molecule has 0 aromatic heterocycles. The van der Waals surface area contributed by atoms with Crippen molar-refractivity contribution in [2.24, 2.45) is 10.4 Å². The van der Waals surface area contributed by atoms with Crippen molar-refractivity contribution >= 4 is 6.21 Å². The highest BCUT2D eigenvalue weighted by atomic mass is 16.5. The molecule has 0 amide bonds. The first-order chi connectivity index (χ1) is 4.41. The standard InChI is InChI=1S/C8H15NO/c1-7(2)5-9-8(3,4)10-6-7/h5H,6H2,1-4H3. The minimum Gasteiger partial charge on any atom is -0.354 e. The lowest BCUT2D eigenvalue weighted by molar-refractivity contribution is -0.0452. The maximum Gasteiger partial charge on any atom is 0.153 e. The van der Waals surface area contributed by atoms with Crippen LogP contribution < -0.4 is 0 Å². The third-order valence-electron chi connectivity index (χ3n) is 1.52. The van der Waals surface area contributed by atoms with E-state index in [9.17, 15) is 0 Å². The highest BCUT2D eigenvalue weighted by molar-refractivity contribution is 5.65. The molecule has 2 nitrogen and oxygen atoms in total. The quantitative estimate of drug-likeness (QED) is 0.504. The Bertz CT molecular complexity index is 141. The summed E-state index contributed by atoms with van der Waals surface area (Å²) in [6, 6.07) is 0. The molecule has 0 spiro atoms. The Morgan fingerprint density at radius 1 is 1.30 bits per heavy atom. The first kappa shape index (κ1) is 7.73. The molecule has 0 aromatic rings. The van der Waals surface area contributed by atoms with Gasteiger partial charge in [-0.25, -0.2) is 0 Å². The molecule has 0 atom stereocenters. The van der Waals surface area contributed by atoms with E-state index < -0.39 is 0 Å². The monoisotopic (exact) mass is 141 g/mol. The Labute approximate surface area is 62.3 Å². The second kappa shape index (κ2) is 2.06. The second-order valence-corrected chi connectivity index (χ2v) is 3.98. The molecule has 1 aliphatic heterocycles. The van der Waals surface area contributed by atoms with Gasteiger partial charge in [-0.05, 0) is 13.8 Å². The molecule has 1 rings (SSSR count). The average Bonchev–Trinajstić information content (AvgIpc) is 1.79. The minimum absolute atomic E-state index is 0.121. The van der Waals surface area contributed by atoms with Crippen molar-refractivity contribution in [2.45, 2.75) is 33.4 Å². The lowest BCUT2D eigenvalue weighted by Crippen LogP contribution is -2.35. The molecule has 58 valence electrons. The van der Waals surface area contributed by atoms with Crippen LogP contribution in [0.15, 0.2) is 4.99 Å². The van der Waals surface area contributed by atoms with Crippen LogP contribution in [0, 0.1) is 5.41 Å². The SMILES string of the molecule is CC1(C)C=NC(C)(C)OC1. The average molecular weight is 141 g/mol. The van der Waals surface area contributed by atoms with Gasteiger partial charge in [0.2, 0.25) is 0 Å². The fourth-order valence-electron chi connectivity index (χ4n) is 0.767. The molecule has 0 saturated heterocycles. The fourth-order valence-corrected chi connectivity index (χ4v) is 0.767. The predicted molar refractivity (Wildman–Crippen MR) is 42.3 cm³/mol. The molecule has 0 aromatic carbocycles. The lowest BCUT2D eigenvalue weighted by Gasteiger charge is -2.32. The Morgan fingerprint density at radius 3 is 2.20 bits per heavy atom. The molecule has 0 aliphatic carbocycles. The van der Waals surface area contributed by atoms with Crippen LogP contribution in [-0.2, 0) is 4.74 Å². The van der Waals surface area contributed by atoms with Gasteiger partial charge >= 0.3 is 0 Å². The van der Waals surface area contributed by atoms with Crippen LogP contribution in [0.4, 0.5) is 0 Å². The van der Waals surface area contributed by atoms with Crippen molar-refractivity contribution in [3.05, 3.63) is 0 Å². The molecule has 0 N–H and O–H groups in total. The normalized spacial score (nSPS) is 28.4.